The molecule has 2 heterocycles. The number of aromatic nitrogens is 1. The highest BCUT2D eigenvalue weighted by Gasteiger charge is 2.17. The van der Waals surface area contributed by atoms with E-state index >= 15 is 0 Å². The molecule has 0 bridgehead atoms. The smallest absolute Gasteiger partial charge is 0.407 e. The number of nitro groups is 1. The third-order valence-corrected chi connectivity index (χ3v) is 5.47. The number of nitrogens with zero attached hydrogens (tertiary/aromatic N) is 2. The second kappa shape index (κ2) is 5.47. The van der Waals surface area contributed by atoms with Gasteiger partial charge in [-0.2, -0.15) is 0 Å². The van der Waals surface area contributed by atoms with Crippen LogP contribution in [0, 0.1) is 10.1 Å². The molecule has 2 aromatic carbocycles. The van der Waals surface area contributed by atoms with Crippen molar-refractivity contribution in [2.75, 3.05) is 0 Å². The summed E-state index contributed by atoms with van der Waals surface area (Å²) in [6.07, 6.45) is 0. The predicted molar refractivity (Wildman–Crippen MR) is 93.1 cm³/mol. The summed E-state index contributed by atoms with van der Waals surface area (Å²) in [5, 5.41) is 12.4. The topological polar surface area (TPSA) is 78.3 Å². The Labute approximate surface area is 143 Å². The number of thiophene rings is 1. The number of benzene rings is 2. The molecule has 120 valence electrons. The number of rotatable bonds is 3. The Morgan fingerprint density at radius 1 is 1.25 bits per heavy atom. The fourth-order valence-electron chi connectivity index (χ4n) is 2.63. The lowest BCUT2D eigenvalue weighted by Gasteiger charge is -2.00. The van der Waals surface area contributed by atoms with E-state index in [1.54, 1.807) is 0 Å². The summed E-state index contributed by atoms with van der Waals surface area (Å²) in [6.45, 7) is 0.252. The Morgan fingerprint density at radius 3 is 2.79 bits per heavy atom. The molecule has 4 aromatic rings. The van der Waals surface area contributed by atoms with E-state index < -0.39 is 10.7 Å². The molecule has 0 radical (unpaired) electrons. The van der Waals surface area contributed by atoms with Gasteiger partial charge in [0, 0.05) is 21.0 Å². The molecule has 0 amide bonds. The van der Waals surface area contributed by atoms with Gasteiger partial charge in [0.2, 0.25) is 0 Å². The number of halogens is 1. The lowest BCUT2D eigenvalue weighted by Crippen LogP contribution is -2.14. The van der Waals surface area contributed by atoms with E-state index in [1.807, 2.05) is 24.3 Å². The minimum atomic E-state index is -0.570. The molecule has 4 rings (SSSR count). The largest absolute Gasteiger partial charge is 0.420 e. The van der Waals surface area contributed by atoms with Gasteiger partial charge in [-0.15, -0.1) is 11.3 Å². The average Bonchev–Trinajstić information content (AvgIpc) is 3.05. The quantitative estimate of drug-likeness (QED) is 0.400. The van der Waals surface area contributed by atoms with Crippen LogP contribution in [0.1, 0.15) is 4.88 Å². The van der Waals surface area contributed by atoms with Crippen molar-refractivity contribution in [2.45, 2.75) is 6.54 Å². The van der Waals surface area contributed by atoms with Gasteiger partial charge in [-0.25, -0.2) is 4.79 Å². The summed E-state index contributed by atoms with van der Waals surface area (Å²) in [5.74, 6) is -0.570. The van der Waals surface area contributed by atoms with Crippen LogP contribution >= 0.6 is 22.9 Å². The average molecular weight is 361 g/mol. The maximum atomic E-state index is 12.1. The highest BCUT2D eigenvalue weighted by Crippen LogP contribution is 2.36. The van der Waals surface area contributed by atoms with Crippen LogP contribution in [0.2, 0.25) is 5.02 Å². The Hall–Kier alpha value is -2.64. The molecule has 0 saturated heterocycles. The first-order valence-electron chi connectivity index (χ1n) is 6.98. The number of hydrogen-bond donors (Lipinski definition) is 0. The second-order valence-corrected chi connectivity index (χ2v) is 6.71. The summed E-state index contributed by atoms with van der Waals surface area (Å²) in [5.41, 5.74) is 0.564. The van der Waals surface area contributed by atoms with E-state index in [0.717, 1.165) is 15.0 Å². The van der Waals surface area contributed by atoms with Crippen LogP contribution in [0.15, 0.2) is 51.7 Å². The van der Waals surface area contributed by atoms with Gasteiger partial charge in [0.25, 0.3) is 5.69 Å². The molecule has 0 atom stereocenters. The molecule has 2 aromatic heterocycles. The fourth-order valence-corrected chi connectivity index (χ4v) is 4.11. The number of fused-ring (bicyclic) bond motifs is 2. The molecule has 0 aliphatic carbocycles. The first-order chi connectivity index (χ1) is 11.5. The molecule has 0 aliphatic heterocycles. The Morgan fingerprint density at radius 2 is 2.04 bits per heavy atom. The lowest BCUT2D eigenvalue weighted by molar-refractivity contribution is -0.384. The van der Waals surface area contributed by atoms with Crippen LogP contribution < -0.4 is 5.76 Å². The number of hydrogen-bond acceptors (Lipinski definition) is 5. The van der Waals surface area contributed by atoms with Crippen molar-refractivity contribution in [1.82, 2.24) is 4.57 Å². The van der Waals surface area contributed by atoms with Crippen LogP contribution in [0.25, 0.3) is 21.2 Å². The molecular formula is C16H9ClN2O4S. The maximum Gasteiger partial charge on any atom is 0.420 e. The zero-order chi connectivity index (χ0) is 16.8. The van der Waals surface area contributed by atoms with Crippen molar-refractivity contribution >= 4 is 49.8 Å². The van der Waals surface area contributed by atoms with E-state index in [-0.39, 0.29) is 17.8 Å². The van der Waals surface area contributed by atoms with E-state index in [9.17, 15) is 14.9 Å². The molecule has 0 saturated carbocycles. The van der Waals surface area contributed by atoms with Crippen LogP contribution in [-0.2, 0) is 6.54 Å². The second-order valence-electron chi connectivity index (χ2n) is 5.20. The molecule has 0 N–H and O–H groups in total. The molecule has 8 heteroatoms. The van der Waals surface area contributed by atoms with Crippen LogP contribution in [-0.4, -0.2) is 9.49 Å². The van der Waals surface area contributed by atoms with Crippen molar-refractivity contribution in [3.8, 4) is 0 Å². The van der Waals surface area contributed by atoms with Crippen LogP contribution in [0.4, 0.5) is 5.69 Å². The highest BCUT2D eigenvalue weighted by molar-refractivity contribution is 7.19. The molecule has 24 heavy (non-hydrogen) atoms. The zero-order valence-corrected chi connectivity index (χ0v) is 13.6. The summed E-state index contributed by atoms with van der Waals surface area (Å²) in [7, 11) is 0. The predicted octanol–water partition coefficient (Wildman–Crippen LogP) is 4.42. The van der Waals surface area contributed by atoms with E-state index in [4.69, 9.17) is 16.0 Å². The Balaban J connectivity index is 1.84. The third kappa shape index (κ3) is 2.29. The van der Waals surface area contributed by atoms with Crippen molar-refractivity contribution in [1.29, 1.82) is 0 Å². The van der Waals surface area contributed by atoms with Crippen molar-refractivity contribution < 1.29 is 9.34 Å². The zero-order valence-electron chi connectivity index (χ0n) is 12.1. The molecule has 6 nitrogen and oxygen atoms in total. The summed E-state index contributed by atoms with van der Waals surface area (Å²) < 4.78 is 7.60. The number of nitro benzene ring substituents is 1. The minimum Gasteiger partial charge on any atom is -0.407 e. The van der Waals surface area contributed by atoms with Gasteiger partial charge < -0.3 is 4.42 Å². The maximum absolute atomic E-state index is 12.1. The van der Waals surface area contributed by atoms with Gasteiger partial charge >= 0.3 is 5.76 Å². The van der Waals surface area contributed by atoms with Gasteiger partial charge in [-0.3, -0.25) is 14.7 Å². The summed E-state index contributed by atoms with van der Waals surface area (Å²) in [4.78, 5) is 23.3. The van der Waals surface area contributed by atoms with Gasteiger partial charge in [0.1, 0.15) is 0 Å². The van der Waals surface area contributed by atoms with Gasteiger partial charge in [-0.05, 0) is 12.1 Å². The van der Waals surface area contributed by atoms with Crippen molar-refractivity contribution in [3.05, 3.63) is 73.0 Å². The summed E-state index contributed by atoms with van der Waals surface area (Å²) >= 11 is 7.93. The van der Waals surface area contributed by atoms with Crippen molar-refractivity contribution in [2.24, 2.45) is 0 Å². The molecule has 0 fully saturated rings. The van der Waals surface area contributed by atoms with E-state index in [2.05, 4.69) is 0 Å². The highest BCUT2D eigenvalue weighted by atomic mass is 35.5. The third-order valence-electron chi connectivity index (χ3n) is 3.77. The van der Waals surface area contributed by atoms with Crippen LogP contribution in [0.5, 0.6) is 0 Å². The molecule has 0 unspecified atom stereocenters. The minimum absolute atomic E-state index is 0.122. The van der Waals surface area contributed by atoms with Gasteiger partial charge in [0.15, 0.2) is 5.58 Å². The monoisotopic (exact) mass is 360 g/mol. The lowest BCUT2D eigenvalue weighted by atomic mass is 10.2. The first kappa shape index (κ1) is 14.9. The normalized spacial score (nSPS) is 11.4. The van der Waals surface area contributed by atoms with Crippen LogP contribution in [0.3, 0.4) is 0 Å². The van der Waals surface area contributed by atoms with E-state index in [0.29, 0.717) is 10.5 Å². The number of non-ortho nitro benzene ring substituents is 1. The molecule has 0 aliphatic rings. The summed E-state index contributed by atoms with van der Waals surface area (Å²) in [6, 6.07) is 11.8. The fraction of sp³-hybridized carbons (Fsp3) is 0.0625. The SMILES string of the molecule is O=c1oc2cc([N+](=O)[O-])ccc2n1Cc1sc2ccccc2c1Cl. The van der Waals surface area contributed by atoms with Crippen molar-refractivity contribution in [3.63, 3.8) is 0 Å². The first-order valence-corrected chi connectivity index (χ1v) is 8.18. The Bertz CT molecular complexity index is 1160. The van der Waals surface area contributed by atoms with E-state index in [1.165, 1.54) is 34.1 Å². The number of oxazole rings is 1. The van der Waals surface area contributed by atoms with Gasteiger partial charge in [-0.1, -0.05) is 29.8 Å². The Kier molecular flexibility index (Phi) is 3.40. The van der Waals surface area contributed by atoms with Gasteiger partial charge in [0.05, 0.1) is 28.1 Å². The molecular weight excluding hydrogens is 352 g/mol. The molecule has 0 spiro atoms. The standard InChI is InChI=1S/C16H9ClN2O4S/c17-15-10-3-1-2-4-13(10)24-14(15)8-18-11-6-5-9(19(21)22)7-12(11)23-16(18)20/h1-7H,8H2.